The summed E-state index contributed by atoms with van der Waals surface area (Å²) >= 11 is 0. The summed E-state index contributed by atoms with van der Waals surface area (Å²) in [5.41, 5.74) is 0.894. The molecule has 1 atom stereocenters. The van der Waals surface area contributed by atoms with E-state index in [-0.39, 0.29) is 11.8 Å². The predicted octanol–water partition coefficient (Wildman–Crippen LogP) is 0.666. The van der Waals surface area contributed by atoms with Gasteiger partial charge in [0.05, 0.1) is 24.8 Å². The lowest BCUT2D eigenvalue weighted by atomic mass is 10.1. The highest BCUT2D eigenvalue weighted by Crippen LogP contribution is 2.15. The molecule has 0 saturated carbocycles. The summed E-state index contributed by atoms with van der Waals surface area (Å²) < 4.78 is 5.05. The van der Waals surface area contributed by atoms with E-state index in [1.54, 1.807) is 13.3 Å². The van der Waals surface area contributed by atoms with E-state index in [9.17, 15) is 4.79 Å². The Morgan fingerprint density at radius 1 is 1.58 bits per heavy atom. The zero-order valence-corrected chi connectivity index (χ0v) is 11.3. The highest BCUT2D eigenvalue weighted by Gasteiger charge is 2.27. The van der Waals surface area contributed by atoms with Crippen molar-refractivity contribution < 1.29 is 9.53 Å². The molecule has 5 heteroatoms. The summed E-state index contributed by atoms with van der Waals surface area (Å²) in [6, 6.07) is 5.71. The molecule has 2 heterocycles. The maximum Gasteiger partial charge on any atom is 0.224 e. The van der Waals surface area contributed by atoms with Gasteiger partial charge in [-0.1, -0.05) is 6.07 Å². The van der Waals surface area contributed by atoms with Crippen molar-refractivity contribution >= 4 is 5.91 Å². The van der Waals surface area contributed by atoms with E-state index >= 15 is 0 Å². The van der Waals surface area contributed by atoms with Gasteiger partial charge in [0.25, 0.3) is 0 Å². The summed E-state index contributed by atoms with van der Waals surface area (Å²) in [5, 5.41) is 2.96. The highest BCUT2D eigenvalue weighted by molar-refractivity contribution is 5.79. The Labute approximate surface area is 114 Å². The number of pyridine rings is 1. The molecule has 1 aliphatic rings. The van der Waals surface area contributed by atoms with Crippen molar-refractivity contribution in [1.29, 1.82) is 0 Å². The molecule has 1 aromatic rings. The second kappa shape index (κ2) is 7.21. The molecule has 1 N–H and O–H groups in total. The number of carbonyl (C=O) groups is 1. The van der Waals surface area contributed by atoms with Crippen LogP contribution in [0.3, 0.4) is 0 Å². The average Bonchev–Trinajstić information content (AvgIpc) is 2.92. The van der Waals surface area contributed by atoms with Gasteiger partial charge < -0.3 is 15.0 Å². The maximum absolute atomic E-state index is 12.0. The molecule has 1 aliphatic heterocycles. The van der Waals surface area contributed by atoms with E-state index in [1.807, 2.05) is 18.2 Å². The van der Waals surface area contributed by atoms with Gasteiger partial charge in [0.15, 0.2) is 0 Å². The predicted molar refractivity (Wildman–Crippen MR) is 72.5 cm³/mol. The smallest absolute Gasteiger partial charge is 0.224 e. The van der Waals surface area contributed by atoms with Gasteiger partial charge in [-0.05, 0) is 25.1 Å². The Bertz CT molecular complexity index is 397. The molecule has 0 aromatic carbocycles. The Morgan fingerprint density at radius 2 is 2.47 bits per heavy atom. The van der Waals surface area contributed by atoms with Crippen LogP contribution >= 0.6 is 0 Å². The van der Waals surface area contributed by atoms with Crippen LogP contribution in [-0.4, -0.2) is 49.1 Å². The van der Waals surface area contributed by atoms with Crippen molar-refractivity contribution in [2.24, 2.45) is 5.92 Å². The summed E-state index contributed by atoms with van der Waals surface area (Å²) in [6.07, 6.45) is 2.67. The Kier molecular flexibility index (Phi) is 5.30. The van der Waals surface area contributed by atoms with Crippen LogP contribution in [0.5, 0.6) is 0 Å². The van der Waals surface area contributed by atoms with Crippen LogP contribution in [-0.2, 0) is 16.1 Å². The second-order valence-electron chi connectivity index (χ2n) is 4.82. The average molecular weight is 263 g/mol. The fraction of sp³-hybridized carbons (Fsp3) is 0.571. The molecule has 0 aliphatic carbocycles. The zero-order valence-electron chi connectivity index (χ0n) is 11.3. The molecular weight excluding hydrogens is 242 g/mol. The number of amides is 1. The standard InChI is InChI=1S/C14H21N3O2/c1-19-9-8-17-7-5-12(11-17)14(18)16-10-13-4-2-3-6-15-13/h2-4,6,12H,5,7-11H2,1H3,(H,16,18). The molecule has 5 nitrogen and oxygen atoms in total. The first-order valence-corrected chi connectivity index (χ1v) is 6.68. The first kappa shape index (κ1) is 14.0. The number of ether oxygens (including phenoxy) is 1. The molecular formula is C14H21N3O2. The molecule has 104 valence electrons. The van der Waals surface area contributed by atoms with Gasteiger partial charge in [0.2, 0.25) is 5.91 Å². The molecule has 1 amide bonds. The number of methoxy groups -OCH3 is 1. The molecule has 19 heavy (non-hydrogen) atoms. The monoisotopic (exact) mass is 263 g/mol. The topological polar surface area (TPSA) is 54.5 Å². The van der Waals surface area contributed by atoms with Gasteiger partial charge in [0.1, 0.15) is 0 Å². The van der Waals surface area contributed by atoms with E-state index < -0.39 is 0 Å². The number of nitrogens with one attached hydrogen (secondary N) is 1. The van der Waals surface area contributed by atoms with E-state index in [0.717, 1.165) is 38.4 Å². The Balaban J connectivity index is 1.72. The minimum Gasteiger partial charge on any atom is -0.383 e. The number of rotatable bonds is 6. The van der Waals surface area contributed by atoms with Gasteiger partial charge in [0, 0.05) is 26.4 Å². The highest BCUT2D eigenvalue weighted by atomic mass is 16.5. The summed E-state index contributed by atoms with van der Waals surface area (Å²) in [5.74, 6) is 0.228. The summed E-state index contributed by atoms with van der Waals surface area (Å²) in [7, 11) is 1.70. The van der Waals surface area contributed by atoms with Crippen molar-refractivity contribution in [3.63, 3.8) is 0 Å². The van der Waals surface area contributed by atoms with Crippen molar-refractivity contribution in [2.75, 3.05) is 33.4 Å². The molecule has 2 rings (SSSR count). The normalized spacial score (nSPS) is 19.5. The fourth-order valence-electron chi connectivity index (χ4n) is 2.29. The third-order valence-corrected chi connectivity index (χ3v) is 3.42. The van der Waals surface area contributed by atoms with Crippen LogP contribution in [0.4, 0.5) is 0 Å². The first-order valence-electron chi connectivity index (χ1n) is 6.68. The number of hydrogen-bond acceptors (Lipinski definition) is 4. The number of likely N-dealkylation sites (tertiary alicyclic amines) is 1. The second-order valence-corrected chi connectivity index (χ2v) is 4.82. The van der Waals surface area contributed by atoms with E-state index in [1.165, 1.54) is 0 Å². The number of aromatic nitrogens is 1. The molecule has 0 spiro atoms. The minimum absolute atomic E-state index is 0.0977. The fourth-order valence-corrected chi connectivity index (χ4v) is 2.29. The van der Waals surface area contributed by atoms with Crippen LogP contribution in [0.1, 0.15) is 12.1 Å². The maximum atomic E-state index is 12.0. The van der Waals surface area contributed by atoms with Crippen LogP contribution in [0.2, 0.25) is 0 Å². The van der Waals surface area contributed by atoms with Crippen LogP contribution in [0, 0.1) is 5.92 Å². The van der Waals surface area contributed by atoms with Gasteiger partial charge >= 0.3 is 0 Å². The quantitative estimate of drug-likeness (QED) is 0.819. The molecule has 1 unspecified atom stereocenters. The van der Waals surface area contributed by atoms with E-state index in [0.29, 0.717) is 6.54 Å². The lowest BCUT2D eigenvalue weighted by Gasteiger charge is -2.15. The van der Waals surface area contributed by atoms with Crippen molar-refractivity contribution in [1.82, 2.24) is 15.2 Å². The van der Waals surface area contributed by atoms with Crippen LogP contribution in [0.15, 0.2) is 24.4 Å². The van der Waals surface area contributed by atoms with Crippen molar-refractivity contribution in [2.45, 2.75) is 13.0 Å². The molecule has 0 bridgehead atoms. The third-order valence-electron chi connectivity index (χ3n) is 3.42. The van der Waals surface area contributed by atoms with E-state index in [2.05, 4.69) is 15.2 Å². The number of hydrogen-bond donors (Lipinski definition) is 1. The molecule has 0 radical (unpaired) electrons. The minimum atomic E-state index is 0.0977. The molecule has 1 fully saturated rings. The van der Waals surface area contributed by atoms with Gasteiger partial charge in [-0.2, -0.15) is 0 Å². The number of nitrogens with zero attached hydrogens (tertiary/aromatic N) is 2. The van der Waals surface area contributed by atoms with Crippen LogP contribution in [0.25, 0.3) is 0 Å². The van der Waals surface area contributed by atoms with Crippen molar-refractivity contribution in [3.05, 3.63) is 30.1 Å². The lowest BCUT2D eigenvalue weighted by molar-refractivity contribution is -0.124. The Morgan fingerprint density at radius 3 is 3.21 bits per heavy atom. The summed E-state index contributed by atoms with van der Waals surface area (Å²) in [4.78, 5) is 18.5. The number of carbonyl (C=O) groups excluding carboxylic acids is 1. The van der Waals surface area contributed by atoms with Crippen LogP contribution < -0.4 is 5.32 Å². The van der Waals surface area contributed by atoms with E-state index in [4.69, 9.17) is 4.74 Å². The molecule has 1 saturated heterocycles. The van der Waals surface area contributed by atoms with Gasteiger partial charge in [-0.3, -0.25) is 9.78 Å². The molecule has 1 aromatic heterocycles. The Hall–Kier alpha value is -1.46. The lowest BCUT2D eigenvalue weighted by Crippen LogP contribution is -2.33. The zero-order chi connectivity index (χ0) is 13.5. The first-order chi connectivity index (χ1) is 9.29. The SMILES string of the molecule is COCCN1CCC(C(=O)NCc2ccccn2)C1. The largest absolute Gasteiger partial charge is 0.383 e. The van der Waals surface area contributed by atoms with Gasteiger partial charge in [-0.15, -0.1) is 0 Å². The third kappa shape index (κ3) is 4.29. The van der Waals surface area contributed by atoms with Gasteiger partial charge in [-0.25, -0.2) is 0 Å². The summed E-state index contributed by atoms with van der Waals surface area (Å²) in [6.45, 7) is 3.94. The van der Waals surface area contributed by atoms with Crippen molar-refractivity contribution in [3.8, 4) is 0 Å².